The van der Waals surface area contributed by atoms with Gasteiger partial charge in [-0.05, 0) is 31.1 Å². The van der Waals surface area contributed by atoms with Crippen molar-refractivity contribution in [2.24, 2.45) is 0 Å². The average molecular weight is 390 g/mol. The summed E-state index contributed by atoms with van der Waals surface area (Å²) in [4.78, 5) is 28.1. The first-order chi connectivity index (χ1) is 12.7. The SMILES string of the molecule is CCSc1nc(CC(=O)NC2CCN(c3nccc(C4CC4)n3)C2)cs1. The summed E-state index contributed by atoms with van der Waals surface area (Å²) in [6.45, 7) is 3.76. The van der Waals surface area contributed by atoms with Crippen LogP contribution in [0.4, 0.5) is 5.95 Å². The van der Waals surface area contributed by atoms with E-state index in [-0.39, 0.29) is 11.9 Å². The molecule has 0 spiro atoms. The van der Waals surface area contributed by atoms with Gasteiger partial charge in [0.15, 0.2) is 0 Å². The fraction of sp³-hybridized carbons (Fsp3) is 0.556. The lowest BCUT2D eigenvalue weighted by atomic mass is 10.2. The minimum atomic E-state index is 0.0443. The minimum Gasteiger partial charge on any atom is -0.351 e. The molecule has 1 aliphatic heterocycles. The predicted molar refractivity (Wildman–Crippen MR) is 105 cm³/mol. The molecule has 2 aromatic rings. The molecule has 2 aromatic heterocycles. The number of carbonyl (C=O) groups is 1. The van der Waals surface area contributed by atoms with E-state index in [4.69, 9.17) is 4.98 Å². The molecule has 1 aliphatic carbocycles. The highest BCUT2D eigenvalue weighted by molar-refractivity contribution is 8.00. The van der Waals surface area contributed by atoms with Gasteiger partial charge in [-0.1, -0.05) is 18.7 Å². The van der Waals surface area contributed by atoms with Crippen molar-refractivity contribution in [3.63, 3.8) is 0 Å². The second kappa shape index (κ2) is 7.92. The summed E-state index contributed by atoms with van der Waals surface area (Å²) in [6.07, 6.45) is 5.62. The van der Waals surface area contributed by atoms with Crippen LogP contribution in [0.2, 0.25) is 0 Å². The Morgan fingerprint density at radius 3 is 3.08 bits per heavy atom. The number of anilines is 1. The van der Waals surface area contributed by atoms with Gasteiger partial charge in [0.05, 0.1) is 12.1 Å². The molecule has 2 fully saturated rings. The van der Waals surface area contributed by atoms with E-state index in [2.05, 4.69) is 27.1 Å². The van der Waals surface area contributed by atoms with Crippen molar-refractivity contribution in [3.05, 3.63) is 29.0 Å². The highest BCUT2D eigenvalue weighted by Crippen LogP contribution is 2.39. The summed E-state index contributed by atoms with van der Waals surface area (Å²) in [5.41, 5.74) is 2.02. The quantitative estimate of drug-likeness (QED) is 0.734. The van der Waals surface area contributed by atoms with Crippen LogP contribution in [0, 0.1) is 0 Å². The molecule has 26 heavy (non-hydrogen) atoms. The molecule has 1 amide bonds. The number of nitrogens with zero attached hydrogens (tertiary/aromatic N) is 4. The molecule has 1 unspecified atom stereocenters. The first-order valence-electron chi connectivity index (χ1n) is 9.15. The Bertz CT molecular complexity index is 776. The van der Waals surface area contributed by atoms with Crippen LogP contribution in [0.1, 0.15) is 43.5 Å². The number of hydrogen-bond acceptors (Lipinski definition) is 7. The zero-order valence-electron chi connectivity index (χ0n) is 14.9. The molecule has 0 radical (unpaired) electrons. The van der Waals surface area contributed by atoms with Crippen molar-refractivity contribution >= 4 is 35.0 Å². The number of thioether (sulfide) groups is 1. The molecule has 0 aromatic carbocycles. The van der Waals surface area contributed by atoms with Crippen molar-refractivity contribution in [3.8, 4) is 0 Å². The van der Waals surface area contributed by atoms with E-state index < -0.39 is 0 Å². The van der Waals surface area contributed by atoms with Gasteiger partial charge in [0.25, 0.3) is 0 Å². The summed E-state index contributed by atoms with van der Waals surface area (Å²) in [6, 6.07) is 2.17. The number of carbonyl (C=O) groups excluding carboxylic acids is 1. The Labute approximate surface area is 161 Å². The van der Waals surface area contributed by atoms with Gasteiger partial charge in [-0.3, -0.25) is 4.79 Å². The summed E-state index contributed by atoms with van der Waals surface area (Å²) < 4.78 is 1.04. The van der Waals surface area contributed by atoms with Crippen LogP contribution in [-0.4, -0.2) is 45.7 Å². The van der Waals surface area contributed by atoms with Crippen LogP contribution < -0.4 is 10.2 Å². The molecule has 138 valence electrons. The second-order valence-electron chi connectivity index (χ2n) is 6.77. The Hall–Kier alpha value is -1.67. The highest BCUT2D eigenvalue weighted by atomic mass is 32.2. The van der Waals surface area contributed by atoms with Gasteiger partial charge in [-0.15, -0.1) is 11.3 Å². The van der Waals surface area contributed by atoms with E-state index in [1.807, 2.05) is 17.6 Å². The van der Waals surface area contributed by atoms with E-state index >= 15 is 0 Å². The van der Waals surface area contributed by atoms with E-state index in [1.165, 1.54) is 12.8 Å². The van der Waals surface area contributed by atoms with Crippen LogP contribution in [0.5, 0.6) is 0 Å². The summed E-state index contributed by atoms with van der Waals surface area (Å²) in [5, 5.41) is 5.12. The molecule has 1 N–H and O–H groups in total. The zero-order valence-corrected chi connectivity index (χ0v) is 16.5. The van der Waals surface area contributed by atoms with Crippen LogP contribution in [0.15, 0.2) is 22.0 Å². The largest absolute Gasteiger partial charge is 0.351 e. The Morgan fingerprint density at radius 1 is 1.38 bits per heavy atom. The Kier molecular flexibility index (Phi) is 5.40. The standard InChI is InChI=1S/C18H23N5OS2/c1-2-25-18-21-14(11-26-18)9-16(24)20-13-6-8-23(10-13)17-19-7-5-15(22-17)12-3-4-12/h5,7,11-13H,2-4,6,8-10H2,1H3,(H,20,24). The predicted octanol–water partition coefficient (Wildman–Crippen LogP) is 2.86. The number of aromatic nitrogens is 3. The maximum absolute atomic E-state index is 12.3. The summed E-state index contributed by atoms with van der Waals surface area (Å²) >= 11 is 3.33. The highest BCUT2D eigenvalue weighted by Gasteiger charge is 2.28. The van der Waals surface area contributed by atoms with Crippen LogP contribution in [-0.2, 0) is 11.2 Å². The number of nitrogens with one attached hydrogen (secondary N) is 1. The molecule has 1 saturated heterocycles. The molecule has 8 heteroatoms. The molecule has 2 aliphatic rings. The Balaban J connectivity index is 1.29. The first-order valence-corrected chi connectivity index (χ1v) is 11.0. The van der Waals surface area contributed by atoms with Crippen LogP contribution >= 0.6 is 23.1 Å². The molecular weight excluding hydrogens is 366 g/mol. The van der Waals surface area contributed by atoms with Crippen LogP contribution in [0.3, 0.4) is 0 Å². The molecule has 6 nitrogen and oxygen atoms in total. The zero-order chi connectivity index (χ0) is 17.9. The molecule has 0 bridgehead atoms. The van der Waals surface area contributed by atoms with Crippen molar-refractivity contribution < 1.29 is 4.79 Å². The van der Waals surface area contributed by atoms with E-state index in [0.29, 0.717) is 12.3 Å². The monoisotopic (exact) mass is 389 g/mol. The van der Waals surface area contributed by atoms with Gasteiger partial charge in [0.1, 0.15) is 4.34 Å². The number of hydrogen-bond donors (Lipinski definition) is 1. The number of thiazole rings is 1. The molecule has 1 saturated carbocycles. The summed E-state index contributed by atoms with van der Waals surface area (Å²) in [7, 11) is 0. The van der Waals surface area contributed by atoms with E-state index in [1.54, 1.807) is 23.1 Å². The van der Waals surface area contributed by atoms with E-state index in [0.717, 1.165) is 46.9 Å². The third kappa shape index (κ3) is 4.35. The van der Waals surface area contributed by atoms with Gasteiger partial charge in [-0.25, -0.2) is 15.0 Å². The lowest BCUT2D eigenvalue weighted by molar-refractivity contribution is -0.121. The fourth-order valence-corrected chi connectivity index (χ4v) is 4.92. The molecule has 1 atom stereocenters. The Morgan fingerprint density at radius 2 is 2.27 bits per heavy atom. The third-order valence-corrected chi connectivity index (χ3v) is 6.59. The van der Waals surface area contributed by atoms with Crippen molar-refractivity contribution in [1.29, 1.82) is 0 Å². The minimum absolute atomic E-state index is 0.0443. The van der Waals surface area contributed by atoms with Crippen LogP contribution in [0.25, 0.3) is 0 Å². The molecular formula is C18H23N5OS2. The smallest absolute Gasteiger partial charge is 0.226 e. The second-order valence-corrected chi connectivity index (χ2v) is 9.14. The lowest BCUT2D eigenvalue weighted by Gasteiger charge is -2.17. The maximum Gasteiger partial charge on any atom is 0.226 e. The lowest BCUT2D eigenvalue weighted by Crippen LogP contribution is -2.38. The number of rotatable bonds is 7. The van der Waals surface area contributed by atoms with Gasteiger partial charge in [0, 0.05) is 42.3 Å². The normalized spacial score (nSPS) is 19.7. The summed E-state index contributed by atoms with van der Waals surface area (Å²) in [5.74, 6) is 2.47. The van der Waals surface area contributed by atoms with Gasteiger partial charge < -0.3 is 10.2 Å². The van der Waals surface area contributed by atoms with Gasteiger partial charge in [-0.2, -0.15) is 0 Å². The topological polar surface area (TPSA) is 71.0 Å². The average Bonchev–Trinajstić information content (AvgIpc) is 3.24. The van der Waals surface area contributed by atoms with Crippen molar-refractivity contribution in [2.45, 2.75) is 48.9 Å². The van der Waals surface area contributed by atoms with Crippen molar-refractivity contribution in [1.82, 2.24) is 20.3 Å². The first kappa shape index (κ1) is 17.7. The third-order valence-electron chi connectivity index (χ3n) is 4.64. The fourth-order valence-electron chi connectivity index (χ4n) is 3.18. The van der Waals surface area contributed by atoms with Gasteiger partial charge >= 0.3 is 0 Å². The molecule has 3 heterocycles. The number of amides is 1. The maximum atomic E-state index is 12.3. The van der Waals surface area contributed by atoms with Gasteiger partial charge in [0.2, 0.25) is 11.9 Å². The van der Waals surface area contributed by atoms with Crippen molar-refractivity contribution in [2.75, 3.05) is 23.7 Å². The van der Waals surface area contributed by atoms with E-state index in [9.17, 15) is 4.79 Å². The molecule has 4 rings (SSSR count).